The van der Waals surface area contributed by atoms with Gasteiger partial charge in [0.25, 0.3) is 0 Å². The van der Waals surface area contributed by atoms with Gasteiger partial charge in [0, 0.05) is 0 Å². The summed E-state index contributed by atoms with van der Waals surface area (Å²) in [7, 11) is 0. The Hall–Kier alpha value is -2.35. The SMILES string of the molecule is O=[N+]([O-])[O-].O=[N+]([O-])[O-].O=[N+]([O-])[O-].O=[N+]([O-])[O-].O=[N+]([O-])[O-].[Bi+3].[Mg+2]. The Morgan fingerprint density at radius 2 is 0.364 bits per heavy atom. The Balaban J connectivity index is -0.0000000250. The molecule has 0 fully saturated rings. The van der Waals surface area contributed by atoms with E-state index in [1.54, 1.807) is 0 Å². The first kappa shape index (κ1) is 42.7. The summed E-state index contributed by atoms with van der Waals surface area (Å²) in [5.41, 5.74) is 0. The molecule has 22 heavy (non-hydrogen) atoms. The van der Waals surface area contributed by atoms with Crippen LogP contribution in [-0.2, 0) is 0 Å². The van der Waals surface area contributed by atoms with Gasteiger partial charge in [0.05, 0.1) is 25.4 Å². The van der Waals surface area contributed by atoms with Gasteiger partial charge in [-0.25, -0.2) is 0 Å². The Labute approximate surface area is 151 Å². The van der Waals surface area contributed by atoms with Crippen LogP contribution in [-0.4, -0.2) is 74.7 Å². The molecule has 0 saturated heterocycles. The second-order valence-corrected chi connectivity index (χ2v) is 1.12. The van der Waals surface area contributed by atoms with Gasteiger partial charge in [-0.15, -0.1) is 0 Å². The molecule has 20 nitrogen and oxygen atoms in total. The standard InChI is InChI=1S/Bi.Mg.5NO3/c;;5*2-1(3)4/q+3;+2;5*-1. The topological polar surface area (TPSA) is 331 Å². The first-order valence-corrected chi connectivity index (χ1v) is 2.74. The van der Waals surface area contributed by atoms with Crippen LogP contribution in [0.25, 0.3) is 0 Å². The first-order chi connectivity index (χ1) is 8.66. The van der Waals surface area contributed by atoms with Crippen molar-refractivity contribution in [2.75, 3.05) is 0 Å². The Morgan fingerprint density at radius 3 is 0.364 bits per heavy atom. The van der Waals surface area contributed by atoms with E-state index in [0.29, 0.717) is 0 Å². The molecule has 0 aliphatic heterocycles. The molecular weight excluding hydrogens is 543 g/mol. The van der Waals surface area contributed by atoms with Crippen LogP contribution in [0.15, 0.2) is 0 Å². The molecule has 0 heterocycles. The summed E-state index contributed by atoms with van der Waals surface area (Å²) in [5.74, 6) is 0. The zero-order chi connectivity index (χ0) is 17.9. The smallest absolute Gasteiger partial charge is 0.356 e. The van der Waals surface area contributed by atoms with E-state index in [2.05, 4.69) is 0 Å². The minimum atomic E-state index is -1.75. The molecular formula is BiMgN5O15. The molecule has 0 aliphatic carbocycles. The number of rotatable bonds is 0. The van der Waals surface area contributed by atoms with Gasteiger partial charge in [-0.1, -0.05) is 0 Å². The molecule has 122 valence electrons. The van der Waals surface area contributed by atoms with E-state index in [1.807, 2.05) is 0 Å². The van der Waals surface area contributed by atoms with E-state index < -0.39 is 25.4 Å². The molecule has 0 bridgehead atoms. The Kier molecular flexibility index (Phi) is 70.5. The fourth-order valence-corrected chi connectivity index (χ4v) is 0. The Bertz CT molecular complexity index is 213. The minimum Gasteiger partial charge on any atom is -0.356 e. The number of hydrogen-bond donors (Lipinski definition) is 0. The maximum Gasteiger partial charge on any atom is 3.00 e. The van der Waals surface area contributed by atoms with Crippen LogP contribution in [0.5, 0.6) is 0 Å². The second-order valence-electron chi connectivity index (χ2n) is 1.12. The summed E-state index contributed by atoms with van der Waals surface area (Å²) in [4.78, 5) is 41.2. The molecule has 0 aromatic rings. The van der Waals surface area contributed by atoms with E-state index in [0.717, 1.165) is 0 Å². The van der Waals surface area contributed by atoms with Gasteiger partial charge in [0.1, 0.15) is 0 Å². The summed E-state index contributed by atoms with van der Waals surface area (Å²) in [6.07, 6.45) is 0. The maximum atomic E-state index is 8.25. The van der Waals surface area contributed by atoms with Gasteiger partial charge in [-0.3, -0.25) is 0 Å². The van der Waals surface area contributed by atoms with Crippen LogP contribution >= 0.6 is 0 Å². The molecule has 0 aromatic heterocycles. The quantitative estimate of drug-likeness (QED) is 0.182. The predicted molar refractivity (Wildman–Crippen MR) is 63.3 cm³/mol. The van der Waals surface area contributed by atoms with Crippen LogP contribution in [0.3, 0.4) is 0 Å². The van der Waals surface area contributed by atoms with Crippen molar-refractivity contribution < 1.29 is 25.4 Å². The maximum absolute atomic E-state index is 8.25. The largest absolute Gasteiger partial charge is 3.00 e. The van der Waals surface area contributed by atoms with Gasteiger partial charge in [-0.05, 0) is 0 Å². The van der Waals surface area contributed by atoms with Crippen LogP contribution in [0.4, 0.5) is 0 Å². The number of hydrogen-bond acceptors (Lipinski definition) is 15. The fraction of sp³-hybridized carbons (Fsp3) is 0. The molecule has 0 spiro atoms. The Morgan fingerprint density at radius 1 is 0.364 bits per heavy atom. The van der Waals surface area contributed by atoms with Gasteiger partial charge in [0.2, 0.25) is 0 Å². The summed E-state index contributed by atoms with van der Waals surface area (Å²) in [6, 6.07) is 0. The van der Waals surface area contributed by atoms with E-state index in [-0.39, 0.29) is 49.3 Å². The van der Waals surface area contributed by atoms with Gasteiger partial charge in [0.15, 0.2) is 0 Å². The third-order valence-electron chi connectivity index (χ3n) is 0. The third-order valence-corrected chi connectivity index (χ3v) is 0. The van der Waals surface area contributed by atoms with Crippen LogP contribution in [0, 0.1) is 76.6 Å². The van der Waals surface area contributed by atoms with Crippen LogP contribution in [0.1, 0.15) is 0 Å². The normalized spacial score (nSPS) is 5.45. The fourth-order valence-electron chi connectivity index (χ4n) is 0. The van der Waals surface area contributed by atoms with E-state index in [1.165, 1.54) is 0 Å². The van der Waals surface area contributed by atoms with Crippen molar-refractivity contribution in [2.45, 2.75) is 0 Å². The molecule has 0 saturated carbocycles. The summed E-state index contributed by atoms with van der Waals surface area (Å²) >= 11 is 0. The zero-order valence-electron chi connectivity index (χ0n) is 9.51. The summed E-state index contributed by atoms with van der Waals surface area (Å²) in [6.45, 7) is 0. The molecule has 0 rings (SSSR count). The van der Waals surface area contributed by atoms with Crippen LogP contribution < -0.4 is 0 Å². The molecule has 0 aliphatic rings. The average molecular weight is 543 g/mol. The van der Waals surface area contributed by atoms with Crippen molar-refractivity contribution in [1.82, 2.24) is 0 Å². The predicted octanol–water partition coefficient (Wildman–Crippen LogP) is -1.96. The molecule has 2 radical (unpaired) electrons. The number of nitrogens with zero attached hydrogens (tertiary/aromatic N) is 5. The second kappa shape index (κ2) is 36.3. The average Bonchev–Trinajstić information content (AvgIpc) is 1.94. The molecule has 0 aromatic carbocycles. The monoisotopic (exact) mass is 543 g/mol. The van der Waals surface area contributed by atoms with Crippen molar-refractivity contribution in [3.05, 3.63) is 76.6 Å². The van der Waals surface area contributed by atoms with Crippen LogP contribution in [0.2, 0.25) is 0 Å². The van der Waals surface area contributed by atoms with Crippen molar-refractivity contribution in [3.63, 3.8) is 0 Å². The van der Waals surface area contributed by atoms with Gasteiger partial charge >= 0.3 is 49.3 Å². The van der Waals surface area contributed by atoms with Crippen molar-refractivity contribution in [3.8, 4) is 0 Å². The van der Waals surface area contributed by atoms with E-state index in [4.69, 9.17) is 76.6 Å². The zero-order valence-corrected chi connectivity index (χ0v) is 14.4. The van der Waals surface area contributed by atoms with Crippen molar-refractivity contribution in [1.29, 1.82) is 0 Å². The first-order valence-electron chi connectivity index (χ1n) is 2.74. The minimum absolute atomic E-state index is 0. The van der Waals surface area contributed by atoms with Gasteiger partial charge in [-0.2, -0.15) is 0 Å². The molecule has 0 unspecified atom stereocenters. The molecule has 0 amide bonds. The molecule has 0 atom stereocenters. The van der Waals surface area contributed by atoms with E-state index in [9.17, 15) is 0 Å². The summed E-state index contributed by atoms with van der Waals surface area (Å²) < 4.78 is 0. The van der Waals surface area contributed by atoms with Crippen molar-refractivity contribution >= 4 is 49.3 Å². The summed E-state index contributed by atoms with van der Waals surface area (Å²) in [5, 5.41) is 73.8. The molecule has 0 N–H and O–H groups in total. The van der Waals surface area contributed by atoms with Crippen molar-refractivity contribution in [2.24, 2.45) is 0 Å². The van der Waals surface area contributed by atoms with E-state index >= 15 is 0 Å². The molecule has 22 heteroatoms. The van der Waals surface area contributed by atoms with Gasteiger partial charge < -0.3 is 76.6 Å². The third kappa shape index (κ3) is 885.